The van der Waals surface area contributed by atoms with E-state index in [9.17, 15) is 9.59 Å². The first kappa shape index (κ1) is 18.6. The molecule has 0 fully saturated rings. The number of hydrogen-bond acceptors (Lipinski definition) is 6. The Labute approximate surface area is 166 Å². The minimum absolute atomic E-state index is 0.297. The molecule has 0 saturated carbocycles. The molecule has 3 aromatic heterocycles. The van der Waals surface area contributed by atoms with Gasteiger partial charge in [0.25, 0.3) is 17.5 Å². The predicted octanol–water partition coefficient (Wildman–Crippen LogP) is 3.63. The standard InChI is InChI=1S/C20H22N4O3S/c1-11-9-14(17-12(2)24-27-20(17)21-11)18(25)22-23-19(26)16-10-13-7-5-3-4-6-8-15(13)28-16/h9-10H,3-8H2,1-2H3,(H,22,25)(H,23,26). The number of nitrogens with one attached hydrogen (secondary N) is 2. The molecular formula is C20H22N4O3S. The van der Waals surface area contributed by atoms with Gasteiger partial charge in [-0.15, -0.1) is 11.3 Å². The lowest BCUT2D eigenvalue weighted by Gasteiger charge is -2.07. The minimum Gasteiger partial charge on any atom is -0.336 e. The van der Waals surface area contributed by atoms with Gasteiger partial charge in [0.1, 0.15) is 0 Å². The normalized spacial score (nSPS) is 14.2. The molecule has 1 aliphatic carbocycles. The van der Waals surface area contributed by atoms with Crippen LogP contribution >= 0.6 is 11.3 Å². The van der Waals surface area contributed by atoms with Crippen LogP contribution in [0.15, 0.2) is 16.7 Å². The summed E-state index contributed by atoms with van der Waals surface area (Å²) in [5.74, 6) is -0.723. The van der Waals surface area contributed by atoms with Gasteiger partial charge in [-0.05, 0) is 57.2 Å². The summed E-state index contributed by atoms with van der Waals surface area (Å²) in [6.45, 7) is 3.52. The number of fused-ring (bicyclic) bond motifs is 2. The fraction of sp³-hybridized carbons (Fsp3) is 0.400. The number of aromatic nitrogens is 2. The van der Waals surface area contributed by atoms with Crippen molar-refractivity contribution in [1.82, 2.24) is 21.0 Å². The Morgan fingerprint density at radius 3 is 2.61 bits per heavy atom. The second-order valence-corrected chi connectivity index (χ2v) is 8.28. The van der Waals surface area contributed by atoms with Gasteiger partial charge in [-0.1, -0.05) is 18.0 Å². The van der Waals surface area contributed by atoms with Crippen LogP contribution in [0.4, 0.5) is 0 Å². The molecule has 0 spiro atoms. The molecule has 0 atom stereocenters. The quantitative estimate of drug-likeness (QED) is 0.643. The van der Waals surface area contributed by atoms with E-state index < -0.39 is 5.91 Å². The van der Waals surface area contributed by atoms with Gasteiger partial charge in [-0.3, -0.25) is 20.4 Å². The first-order valence-corrected chi connectivity index (χ1v) is 10.3. The van der Waals surface area contributed by atoms with Crippen molar-refractivity contribution in [1.29, 1.82) is 0 Å². The Balaban J connectivity index is 1.49. The Kier molecular flexibility index (Phi) is 5.13. The van der Waals surface area contributed by atoms with E-state index in [0.29, 0.717) is 32.9 Å². The smallest absolute Gasteiger partial charge is 0.279 e. The SMILES string of the molecule is Cc1cc(C(=O)NNC(=O)c2cc3c(s2)CCCCCC3)c2c(C)noc2n1. The molecule has 2 N–H and O–H groups in total. The molecular weight excluding hydrogens is 376 g/mol. The molecule has 0 unspecified atom stereocenters. The number of rotatable bonds is 2. The van der Waals surface area contributed by atoms with Crippen LogP contribution in [0.1, 0.15) is 67.5 Å². The van der Waals surface area contributed by atoms with E-state index in [2.05, 4.69) is 21.0 Å². The van der Waals surface area contributed by atoms with E-state index >= 15 is 0 Å². The Bertz CT molecular complexity index is 1030. The summed E-state index contributed by atoms with van der Waals surface area (Å²) in [4.78, 5) is 31.4. The summed E-state index contributed by atoms with van der Waals surface area (Å²) >= 11 is 1.52. The number of carbonyl (C=O) groups is 2. The number of aryl methyl sites for hydroxylation is 4. The average molecular weight is 398 g/mol. The van der Waals surface area contributed by atoms with Crippen LogP contribution < -0.4 is 10.9 Å². The molecule has 0 aromatic carbocycles. The maximum atomic E-state index is 12.7. The van der Waals surface area contributed by atoms with Crippen LogP contribution in [-0.2, 0) is 12.8 Å². The zero-order valence-electron chi connectivity index (χ0n) is 15.9. The Morgan fingerprint density at radius 2 is 1.79 bits per heavy atom. The third-order valence-corrected chi connectivity index (χ3v) is 6.24. The van der Waals surface area contributed by atoms with Crippen molar-refractivity contribution in [2.24, 2.45) is 0 Å². The number of hydrogen-bond donors (Lipinski definition) is 2. The van der Waals surface area contributed by atoms with Gasteiger partial charge in [0.15, 0.2) is 0 Å². The number of hydrazine groups is 1. The van der Waals surface area contributed by atoms with Crippen LogP contribution in [0.2, 0.25) is 0 Å². The lowest BCUT2D eigenvalue weighted by atomic mass is 10.00. The lowest BCUT2D eigenvalue weighted by molar-refractivity contribution is 0.0849. The highest BCUT2D eigenvalue weighted by atomic mass is 32.1. The first-order chi connectivity index (χ1) is 13.5. The summed E-state index contributed by atoms with van der Waals surface area (Å²) < 4.78 is 5.16. The van der Waals surface area contributed by atoms with Crippen LogP contribution in [0.3, 0.4) is 0 Å². The largest absolute Gasteiger partial charge is 0.336 e. The molecule has 0 radical (unpaired) electrons. The molecule has 3 heterocycles. The second-order valence-electron chi connectivity index (χ2n) is 7.14. The maximum absolute atomic E-state index is 12.7. The van der Waals surface area contributed by atoms with E-state index in [1.54, 1.807) is 19.9 Å². The number of pyridine rings is 1. The molecule has 0 bridgehead atoms. The number of amides is 2. The maximum Gasteiger partial charge on any atom is 0.279 e. The molecule has 4 rings (SSSR count). The van der Waals surface area contributed by atoms with E-state index in [-0.39, 0.29) is 5.91 Å². The molecule has 2 amide bonds. The summed E-state index contributed by atoms with van der Waals surface area (Å²) in [5.41, 5.74) is 8.22. The lowest BCUT2D eigenvalue weighted by Crippen LogP contribution is -2.41. The number of nitrogens with zero attached hydrogens (tertiary/aromatic N) is 2. The third kappa shape index (κ3) is 3.64. The summed E-state index contributed by atoms with van der Waals surface area (Å²) in [6, 6.07) is 3.62. The second kappa shape index (κ2) is 7.71. The topological polar surface area (TPSA) is 97.1 Å². The van der Waals surface area contributed by atoms with E-state index in [0.717, 1.165) is 19.3 Å². The molecule has 1 aliphatic rings. The molecule has 28 heavy (non-hydrogen) atoms. The highest BCUT2D eigenvalue weighted by Crippen LogP contribution is 2.28. The van der Waals surface area contributed by atoms with Crippen molar-refractivity contribution in [2.75, 3.05) is 0 Å². The van der Waals surface area contributed by atoms with Crippen molar-refractivity contribution in [2.45, 2.75) is 52.4 Å². The van der Waals surface area contributed by atoms with Gasteiger partial charge in [-0.25, -0.2) is 4.98 Å². The van der Waals surface area contributed by atoms with Crippen LogP contribution in [-0.4, -0.2) is 22.0 Å². The average Bonchev–Trinajstić information content (AvgIpc) is 3.22. The summed E-state index contributed by atoms with van der Waals surface area (Å²) in [5, 5.41) is 4.42. The fourth-order valence-electron chi connectivity index (χ4n) is 3.60. The molecule has 0 aliphatic heterocycles. The highest BCUT2D eigenvalue weighted by molar-refractivity contribution is 7.14. The Hall–Kier alpha value is -2.74. The predicted molar refractivity (Wildman–Crippen MR) is 106 cm³/mol. The summed E-state index contributed by atoms with van der Waals surface area (Å²) in [6.07, 6.45) is 6.87. The number of thiophene rings is 1. The minimum atomic E-state index is -0.426. The van der Waals surface area contributed by atoms with E-state index in [1.165, 1.54) is 41.0 Å². The van der Waals surface area contributed by atoms with Crippen molar-refractivity contribution >= 4 is 34.3 Å². The number of carbonyl (C=O) groups excluding carboxylic acids is 2. The van der Waals surface area contributed by atoms with Crippen molar-refractivity contribution < 1.29 is 14.1 Å². The van der Waals surface area contributed by atoms with Crippen LogP contribution in [0.25, 0.3) is 11.1 Å². The first-order valence-electron chi connectivity index (χ1n) is 9.49. The van der Waals surface area contributed by atoms with E-state index in [4.69, 9.17) is 4.52 Å². The van der Waals surface area contributed by atoms with Crippen LogP contribution in [0, 0.1) is 13.8 Å². The highest BCUT2D eigenvalue weighted by Gasteiger charge is 2.20. The van der Waals surface area contributed by atoms with Gasteiger partial charge in [-0.2, -0.15) is 0 Å². The molecule has 146 valence electrons. The van der Waals surface area contributed by atoms with Gasteiger partial charge in [0, 0.05) is 10.6 Å². The molecule has 8 heteroatoms. The van der Waals surface area contributed by atoms with Crippen LogP contribution in [0.5, 0.6) is 0 Å². The zero-order chi connectivity index (χ0) is 19.7. The van der Waals surface area contributed by atoms with Gasteiger partial charge >= 0.3 is 0 Å². The van der Waals surface area contributed by atoms with Crippen molar-refractivity contribution in [3.8, 4) is 0 Å². The Morgan fingerprint density at radius 1 is 1.04 bits per heavy atom. The van der Waals surface area contributed by atoms with E-state index in [1.807, 2.05) is 6.07 Å². The fourth-order valence-corrected chi connectivity index (χ4v) is 4.74. The van der Waals surface area contributed by atoms with Gasteiger partial charge in [0.2, 0.25) is 0 Å². The van der Waals surface area contributed by atoms with Crippen molar-refractivity contribution in [3.63, 3.8) is 0 Å². The van der Waals surface area contributed by atoms with Gasteiger partial charge in [0.05, 0.1) is 21.5 Å². The summed E-state index contributed by atoms with van der Waals surface area (Å²) in [7, 11) is 0. The molecule has 0 saturated heterocycles. The molecule has 7 nitrogen and oxygen atoms in total. The zero-order valence-corrected chi connectivity index (χ0v) is 16.7. The van der Waals surface area contributed by atoms with Crippen molar-refractivity contribution in [3.05, 3.63) is 44.4 Å². The monoisotopic (exact) mass is 398 g/mol. The van der Waals surface area contributed by atoms with Gasteiger partial charge < -0.3 is 4.52 Å². The third-order valence-electron chi connectivity index (χ3n) is 5.00. The molecule has 3 aromatic rings.